The third kappa shape index (κ3) is 5.54. The average molecular weight is 249 g/mol. The number of unbranched alkanes of at least 4 members (excludes halogenated alkanes) is 1. The maximum atomic E-state index is 5.84. The van der Waals surface area contributed by atoms with Crippen LogP contribution in [0.5, 0.6) is 5.75 Å². The third-order valence-electron chi connectivity index (χ3n) is 3.03. The van der Waals surface area contributed by atoms with Crippen molar-refractivity contribution in [2.45, 2.75) is 40.0 Å². The topological polar surface area (TPSA) is 21.3 Å². The summed E-state index contributed by atoms with van der Waals surface area (Å²) in [4.78, 5) is 0. The largest absolute Gasteiger partial charge is 0.493 e. The zero-order valence-corrected chi connectivity index (χ0v) is 12.3. The van der Waals surface area contributed by atoms with Crippen LogP contribution in [0.15, 0.2) is 24.3 Å². The molecule has 0 saturated heterocycles. The molecule has 2 heteroatoms. The number of hydrogen-bond donors (Lipinski definition) is 1. The van der Waals surface area contributed by atoms with Crippen molar-refractivity contribution < 1.29 is 4.74 Å². The molecule has 0 unspecified atom stereocenters. The molecule has 0 fully saturated rings. The van der Waals surface area contributed by atoms with Crippen LogP contribution in [-0.2, 0) is 6.42 Å². The van der Waals surface area contributed by atoms with Gasteiger partial charge in [0.15, 0.2) is 0 Å². The molecule has 18 heavy (non-hydrogen) atoms. The van der Waals surface area contributed by atoms with Crippen LogP contribution in [0.3, 0.4) is 0 Å². The van der Waals surface area contributed by atoms with E-state index in [0.29, 0.717) is 0 Å². The van der Waals surface area contributed by atoms with Gasteiger partial charge in [0.1, 0.15) is 5.75 Å². The second-order valence-electron chi connectivity index (χ2n) is 5.73. The Morgan fingerprint density at radius 3 is 2.39 bits per heavy atom. The van der Waals surface area contributed by atoms with Gasteiger partial charge in [-0.15, -0.1) is 0 Å². The predicted octanol–water partition coefficient (Wildman–Crippen LogP) is 3.65. The fraction of sp³-hybridized carbons (Fsp3) is 0.625. The van der Waals surface area contributed by atoms with Crippen molar-refractivity contribution in [1.29, 1.82) is 0 Å². The van der Waals surface area contributed by atoms with E-state index < -0.39 is 0 Å². The molecule has 1 aromatic rings. The number of ether oxygens (including phenoxy) is 1. The van der Waals surface area contributed by atoms with E-state index in [2.05, 4.69) is 50.4 Å². The Morgan fingerprint density at radius 2 is 1.83 bits per heavy atom. The minimum Gasteiger partial charge on any atom is -0.493 e. The van der Waals surface area contributed by atoms with Crippen LogP contribution in [0.25, 0.3) is 0 Å². The lowest BCUT2D eigenvalue weighted by atomic mass is 9.95. The standard InChI is InChI=1S/C16H27NO/c1-5-6-7-14-8-10-15(11-9-14)18-13-16(2,3)12-17-4/h8-11,17H,5-7,12-13H2,1-4H3. The van der Waals surface area contributed by atoms with Gasteiger partial charge in [-0.1, -0.05) is 39.3 Å². The van der Waals surface area contributed by atoms with Crippen LogP contribution < -0.4 is 10.1 Å². The molecule has 0 aliphatic rings. The summed E-state index contributed by atoms with van der Waals surface area (Å²) in [6.07, 6.45) is 3.67. The smallest absolute Gasteiger partial charge is 0.119 e. The van der Waals surface area contributed by atoms with Crippen molar-refractivity contribution in [3.8, 4) is 5.75 Å². The van der Waals surface area contributed by atoms with E-state index in [1.165, 1.54) is 24.8 Å². The van der Waals surface area contributed by atoms with E-state index in [-0.39, 0.29) is 5.41 Å². The van der Waals surface area contributed by atoms with E-state index in [1.54, 1.807) is 0 Å². The number of aryl methyl sites for hydroxylation is 1. The zero-order valence-electron chi connectivity index (χ0n) is 12.3. The molecular formula is C16H27NO. The SMILES string of the molecule is CCCCc1ccc(OCC(C)(C)CNC)cc1. The molecule has 0 aliphatic carbocycles. The summed E-state index contributed by atoms with van der Waals surface area (Å²) in [6.45, 7) is 8.34. The lowest BCUT2D eigenvalue weighted by Gasteiger charge is -2.24. The monoisotopic (exact) mass is 249 g/mol. The summed E-state index contributed by atoms with van der Waals surface area (Å²) in [5.41, 5.74) is 1.56. The van der Waals surface area contributed by atoms with Gasteiger partial charge >= 0.3 is 0 Å². The second kappa shape index (κ2) is 7.42. The van der Waals surface area contributed by atoms with Gasteiger partial charge in [-0.25, -0.2) is 0 Å². The van der Waals surface area contributed by atoms with Crippen LogP contribution in [0, 0.1) is 5.41 Å². The fourth-order valence-corrected chi connectivity index (χ4v) is 1.94. The van der Waals surface area contributed by atoms with E-state index in [1.807, 2.05) is 7.05 Å². The van der Waals surface area contributed by atoms with Crippen molar-refractivity contribution in [3.05, 3.63) is 29.8 Å². The van der Waals surface area contributed by atoms with Gasteiger partial charge in [0.2, 0.25) is 0 Å². The highest BCUT2D eigenvalue weighted by molar-refractivity contribution is 5.27. The summed E-state index contributed by atoms with van der Waals surface area (Å²) in [7, 11) is 1.98. The summed E-state index contributed by atoms with van der Waals surface area (Å²) in [5.74, 6) is 0.972. The Hall–Kier alpha value is -1.02. The summed E-state index contributed by atoms with van der Waals surface area (Å²) >= 11 is 0. The first-order valence-electron chi connectivity index (χ1n) is 6.94. The highest BCUT2D eigenvalue weighted by Gasteiger charge is 2.17. The summed E-state index contributed by atoms with van der Waals surface area (Å²) in [6, 6.07) is 8.52. The number of rotatable bonds is 8. The molecule has 0 amide bonds. The molecule has 0 aromatic heterocycles. The van der Waals surface area contributed by atoms with Crippen LogP contribution in [0.4, 0.5) is 0 Å². The molecule has 102 valence electrons. The fourth-order valence-electron chi connectivity index (χ4n) is 1.94. The molecule has 0 spiro atoms. The molecule has 1 rings (SSSR count). The Balaban J connectivity index is 2.43. The first-order chi connectivity index (χ1) is 8.57. The maximum Gasteiger partial charge on any atom is 0.119 e. The molecule has 1 aromatic carbocycles. The van der Waals surface area contributed by atoms with E-state index in [4.69, 9.17) is 4.74 Å². The van der Waals surface area contributed by atoms with E-state index >= 15 is 0 Å². The molecule has 0 radical (unpaired) electrons. The molecule has 0 atom stereocenters. The van der Waals surface area contributed by atoms with Crippen molar-refractivity contribution in [2.75, 3.05) is 20.2 Å². The molecule has 1 N–H and O–H groups in total. The molecule has 0 saturated carbocycles. The average Bonchev–Trinajstić information content (AvgIpc) is 2.35. The van der Waals surface area contributed by atoms with Crippen molar-refractivity contribution >= 4 is 0 Å². The minimum absolute atomic E-state index is 0.162. The molecular weight excluding hydrogens is 222 g/mol. The predicted molar refractivity (Wildman–Crippen MR) is 78.3 cm³/mol. The number of hydrogen-bond acceptors (Lipinski definition) is 2. The number of benzene rings is 1. The Labute approximate surface area is 112 Å². The van der Waals surface area contributed by atoms with Gasteiger partial charge < -0.3 is 10.1 Å². The van der Waals surface area contributed by atoms with Gasteiger partial charge in [-0.05, 0) is 37.6 Å². The van der Waals surface area contributed by atoms with Crippen LogP contribution in [-0.4, -0.2) is 20.2 Å². The quantitative estimate of drug-likeness (QED) is 0.759. The lowest BCUT2D eigenvalue weighted by Crippen LogP contribution is -2.32. The first-order valence-corrected chi connectivity index (χ1v) is 6.94. The van der Waals surface area contributed by atoms with Gasteiger partial charge in [0, 0.05) is 12.0 Å². The highest BCUT2D eigenvalue weighted by Crippen LogP contribution is 2.19. The van der Waals surface area contributed by atoms with Crippen LogP contribution >= 0.6 is 0 Å². The van der Waals surface area contributed by atoms with E-state index in [9.17, 15) is 0 Å². The molecule has 0 heterocycles. The zero-order chi connectivity index (χ0) is 13.4. The lowest BCUT2D eigenvalue weighted by molar-refractivity contribution is 0.179. The number of nitrogens with one attached hydrogen (secondary N) is 1. The van der Waals surface area contributed by atoms with Gasteiger partial charge in [0.25, 0.3) is 0 Å². The Morgan fingerprint density at radius 1 is 1.17 bits per heavy atom. The highest BCUT2D eigenvalue weighted by atomic mass is 16.5. The van der Waals surface area contributed by atoms with Crippen molar-refractivity contribution in [3.63, 3.8) is 0 Å². The normalized spacial score (nSPS) is 11.6. The van der Waals surface area contributed by atoms with Crippen molar-refractivity contribution in [2.24, 2.45) is 5.41 Å². The molecule has 2 nitrogen and oxygen atoms in total. The summed E-state index contributed by atoms with van der Waals surface area (Å²) < 4.78 is 5.84. The van der Waals surface area contributed by atoms with Crippen LogP contribution in [0.1, 0.15) is 39.2 Å². The second-order valence-corrected chi connectivity index (χ2v) is 5.73. The van der Waals surface area contributed by atoms with Crippen molar-refractivity contribution in [1.82, 2.24) is 5.32 Å². The molecule has 0 bridgehead atoms. The van der Waals surface area contributed by atoms with Crippen LogP contribution in [0.2, 0.25) is 0 Å². The van der Waals surface area contributed by atoms with Gasteiger partial charge in [0.05, 0.1) is 6.61 Å². The Bertz CT molecular complexity index is 329. The minimum atomic E-state index is 0.162. The van der Waals surface area contributed by atoms with Gasteiger partial charge in [-0.3, -0.25) is 0 Å². The summed E-state index contributed by atoms with van der Waals surface area (Å²) in [5, 5.41) is 3.20. The van der Waals surface area contributed by atoms with Gasteiger partial charge in [-0.2, -0.15) is 0 Å². The first kappa shape index (κ1) is 15.0. The maximum absolute atomic E-state index is 5.84. The third-order valence-corrected chi connectivity index (χ3v) is 3.03. The molecule has 0 aliphatic heterocycles. The Kier molecular flexibility index (Phi) is 6.20. The van der Waals surface area contributed by atoms with E-state index in [0.717, 1.165) is 18.9 Å².